The molecule has 1 aliphatic heterocycles. The molecule has 2 aromatic carbocycles. The van der Waals surface area contributed by atoms with Crippen molar-refractivity contribution in [3.8, 4) is 0 Å². The van der Waals surface area contributed by atoms with Crippen LogP contribution in [0.1, 0.15) is 50.5 Å². The molecule has 1 unspecified atom stereocenters. The zero-order valence-electron chi connectivity index (χ0n) is 15.9. The number of ether oxygens (including phenoxy) is 1. The zero-order valence-corrected chi connectivity index (χ0v) is 15.9. The molecule has 5 aliphatic rings. The molecule has 0 amide bonds. The molecule has 1 saturated heterocycles. The third-order valence-corrected chi connectivity index (χ3v) is 7.78. The summed E-state index contributed by atoms with van der Waals surface area (Å²) in [4.78, 5) is 10.8. The van der Waals surface area contributed by atoms with E-state index in [0.29, 0.717) is 12.0 Å². The lowest BCUT2D eigenvalue weighted by Gasteiger charge is -2.57. The Morgan fingerprint density at radius 1 is 0.889 bits per heavy atom. The standard InChI is InChI=1S/C24H28O3/c1-2-6-21-20(4-1)5-3-7-22(21)24(16-26-27-24)25-9-8-23-13-17-10-18(14-23)12-19(11-17)15-23/h1-7,17-19H,8-16H2. The Hall–Kier alpha value is -1.42. The molecule has 3 nitrogen and oxygen atoms in total. The van der Waals surface area contributed by atoms with Gasteiger partial charge >= 0.3 is 0 Å². The van der Waals surface area contributed by atoms with Crippen LogP contribution in [0.25, 0.3) is 10.8 Å². The lowest BCUT2D eigenvalue weighted by atomic mass is 9.49. The summed E-state index contributed by atoms with van der Waals surface area (Å²) in [5.74, 6) is 2.24. The number of fused-ring (bicyclic) bond motifs is 1. The summed E-state index contributed by atoms with van der Waals surface area (Å²) in [5, 5.41) is 2.41. The van der Waals surface area contributed by atoms with Gasteiger partial charge in [-0.2, -0.15) is 4.89 Å². The largest absolute Gasteiger partial charge is 0.342 e. The number of hydrogen-bond acceptors (Lipinski definition) is 3. The van der Waals surface area contributed by atoms with Crippen LogP contribution in [0, 0.1) is 23.2 Å². The molecule has 0 radical (unpaired) electrons. The second-order valence-corrected chi connectivity index (χ2v) is 9.64. The smallest absolute Gasteiger partial charge is 0.255 e. The van der Waals surface area contributed by atoms with Crippen molar-refractivity contribution in [2.24, 2.45) is 23.2 Å². The van der Waals surface area contributed by atoms with Crippen LogP contribution in [0.5, 0.6) is 0 Å². The number of rotatable bonds is 5. The maximum atomic E-state index is 6.45. The van der Waals surface area contributed by atoms with Crippen LogP contribution >= 0.6 is 0 Å². The van der Waals surface area contributed by atoms with Crippen molar-refractivity contribution in [1.82, 2.24) is 0 Å². The Morgan fingerprint density at radius 3 is 2.22 bits per heavy atom. The van der Waals surface area contributed by atoms with Crippen molar-refractivity contribution in [3.05, 3.63) is 48.0 Å². The normalized spacial score (nSPS) is 39.6. The van der Waals surface area contributed by atoms with Gasteiger partial charge in [0.05, 0.1) is 6.61 Å². The summed E-state index contributed by atoms with van der Waals surface area (Å²) in [6.07, 6.45) is 9.96. The van der Waals surface area contributed by atoms with Crippen molar-refractivity contribution in [2.45, 2.75) is 50.7 Å². The van der Waals surface area contributed by atoms with E-state index in [1.54, 1.807) is 0 Å². The average Bonchev–Trinajstić information content (AvgIpc) is 2.62. The quantitative estimate of drug-likeness (QED) is 0.649. The van der Waals surface area contributed by atoms with Crippen LogP contribution in [0.15, 0.2) is 42.5 Å². The van der Waals surface area contributed by atoms with Gasteiger partial charge in [-0.05, 0) is 78.9 Å². The van der Waals surface area contributed by atoms with E-state index >= 15 is 0 Å². The monoisotopic (exact) mass is 364 g/mol. The molecule has 142 valence electrons. The molecule has 4 aliphatic carbocycles. The molecule has 1 heterocycles. The topological polar surface area (TPSA) is 27.7 Å². The minimum Gasteiger partial charge on any atom is -0.342 e. The van der Waals surface area contributed by atoms with E-state index in [4.69, 9.17) is 14.5 Å². The molecule has 2 aromatic rings. The Morgan fingerprint density at radius 2 is 1.56 bits per heavy atom. The molecule has 7 rings (SSSR count). The highest BCUT2D eigenvalue weighted by atomic mass is 17.3. The van der Waals surface area contributed by atoms with Gasteiger partial charge < -0.3 is 4.74 Å². The van der Waals surface area contributed by atoms with Crippen LogP contribution in [0.3, 0.4) is 0 Å². The molecular formula is C24H28O3. The van der Waals surface area contributed by atoms with Crippen LogP contribution in [0.4, 0.5) is 0 Å². The van der Waals surface area contributed by atoms with Crippen molar-refractivity contribution in [1.29, 1.82) is 0 Å². The van der Waals surface area contributed by atoms with Gasteiger partial charge in [0.1, 0.15) is 6.61 Å². The van der Waals surface area contributed by atoms with Crippen LogP contribution in [0.2, 0.25) is 0 Å². The molecule has 0 N–H and O–H groups in total. The van der Waals surface area contributed by atoms with Gasteiger partial charge in [-0.25, -0.2) is 4.89 Å². The highest BCUT2D eigenvalue weighted by molar-refractivity contribution is 5.86. The summed E-state index contributed by atoms with van der Waals surface area (Å²) in [6, 6.07) is 14.8. The van der Waals surface area contributed by atoms with E-state index < -0.39 is 5.79 Å². The van der Waals surface area contributed by atoms with E-state index in [9.17, 15) is 0 Å². The fourth-order valence-electron chi connectivity index (χ4n) is 7.02. The third kappa shape index (κ3) is 2.66. The molecule has 3 heteroatoms. The van der Waals surface area contributed by atoms with E-state index in [1.165, 1.54) is 55.7 Å². The Balaban J connectivity index is 1.21. The predicted octanol–water partition coefficient (Wildman–Crippen LogP) is 5.58. The highest BCUT2D eigenvalue weighted by Gasteiger charge is 2.51. The minimum atomic E-state index is -0.733. The fraction of sp³-hybridized carbons (Fsp3) is 0.583. The molecule has 4 saturated carbocycles. The van der Waals surface area contributed by atoms with Gasteiger partial charge in [0.25, 0.3) is 5.79 Å². The van der Waals surface area contributed by atoms with E-state index in [1.807, 2.05) is 0 Å². The van der Waals surface area contributed by atoms with Gasteiger partial charge in [0, 0.05) is 5.56 Å². The Kier molecular flexibility index (Phi) is 3.70. The molecule has 5 fully saturated rings. The summed E-state index contributed by atoms with van der Waals surface area (Å²) in [5.41, 5.74) is 1.64. The summed E-state index contributed by atoms with van der Waals surface area (Å²) in [6.45, 7) is 1.24. The van der Waals surface area contributed by atoms with Crippen LogP contribution < -0.4 is 0 Å². The minimum absolute atomic E-state index is 0.474. The molecule has 27 heavy (non-hydrogen) atoms. The molecule has 1 atom stereocenters. The summed E-state index contributed by atoms with van der Waals surface area (Å²) < 4.78 is 6.45. The van der Waals surface area contributed by atoms with Crippen molar-refractivity contribution in [2.75, 3.05) is 13.2 Å². The predicted molar refractivity (Wildman–Crippen MR) is 104 cm³/mol. The third-order valence-electron chi connectivity index (χ3n) is 7.78. The first kappa shape index (κ1) is 16.5. The van der Waals surface area contributed by atoms with Gasteiger partial charge in [0.2, 0.25) is 0 Å². The van der Waals surface area contributed by atoms with Gasteiger partial charge in [-0.15, -0.1) is 0 Å². The lowest BCUT2D eigenvalue weighted by molar-refractivity contribution is -0.547. The second kappa shape index (κ2) is 6.04. The van der Waals surface area contributed by atoms with Crippen molar-refractivity contribution in [3.63, 3.8) is 0 Å². The van der Waals surface area contributed by atoms with E-state index in [2.05, 4.69) is 42.5 Å². The molecule has 4 bridgehead atoms. The molecule has 0 aromatic heterocycles. The average molecular weight is 364 g/mol. The van der Waals surface area contributed by atoms with Crippen LogP contribution in [-0.4, -0.2) is 13.2 Å². The summed E-state index contributed by atoms with van der Waals surface area (Å²) >= 11 is 0. The maximum Gasteiger partial charge on any atom is 0.255 e. The van der Waals surface area contributed by atoms with E-state index in [-0.39, 0.29) is 0 Å². The van der Waals surface area contributed by atoms with Gasteiger partial charge in [0.15, 0.2) is 0 Å². The Bertz CT molecular complexity index is 813. The van der Waals surface area contributed by atoms with Gasteiger partial charge in [-0.3, -0.25) is 0 Å². The van der Waals surface area contributed by atoms with Crippen LogP contribution in [-0.2, 0) is 20.3 Å². The second-order valence-electron chi connectivity index (χ2n) is 9.64. The summed E-state index contributed by atoms with van der Waals surface area (Å²) in [7, 11) is 0. The SMILES string of the molecule is c1ccc2c(C3(OCCC45CC6CC(CC(C6)C4)C5)COO3)cccc2c1. The first-order valence-corrected chi connectivity index (χ1v) is 10.7. The first-order valence-electron chi connectivity index (χ1n) is 10.7. The Labute approximate surface area is 160 Å². The number of hydrogen-bond donors (Lipinski definition) is 0. The van der Waals surface area contributed by atoms with Crippen molar-refractivity contribution < 1.29 is 14.5 Å². The highest BCUT2D eigenvalue weighted by Crippen LogP contribution is 2.61. The fourth-order valence-corrected chi connectivity index (χ4v) is 7.02. The molecular weight excluding hydrogens is 336 g/mol. The zero-order chi connectivity index (χ0) is 17.9. The first-order chi connectivity index (χ1) is 13.2. The maximum absolute atomic E-state index is 6.45. The van der Waals surface area contributed by atoms with E-state index in [0.717, 1.165) is 29.9 Å². The van der Waals surface area contributed by atoms with Crippen molar-refractivity contribution >= 4 is 10.8 Å². The lowest BCUT2D eigenvalue weighted by Crippen LogP contribution is -2.49. The molecule has 0 spiro atoms. The number of benzene rings is 2. The van der Waals surface area contributed by atoms with Gasteiger partial charge in [-0.1, -0.05) is 42.5 Å².